The third-order valence-electron chi connectivity index (χ3n) is 2.28. The number of hydrogen-bond donors (Lipinski definition) is 1. The zero-order chi connectivity index (χ0) is 10.7. The van der Waals surface area contributed by atoms with Crippen molar-refractivity contribution in [3.63, 3.8) is 0 Å². The van der Waals surface area contributed by atoms with Crippen molar-refractivity contribution < 1.29 is 9.59 Å². The van der Waals surface area contributed by atoms with Gasteiger partial charge in [0.1, 0.15) is 0 Å². The van der Waals surface area contributed by atoms with Crippen LogP contribution in [0.5, 0.6) is 0 Å². The lowest BCUT2D eigenvalue weighted by Crippen LogP contribution is -2.37. The number of carbonyl (C=O) groups excluding carboxylic acids is 2. The fraction of sp³-hybridized carbons (Fsp3) is 0.273. The summed E-state index contributed by atoms with van der Waals surface area (Å²) in [5.74, 6) is 0.634. The first-order valence-electron chi connectivity index (χ1n) is 4.80. The molecule has 1 saturated heterocycles. The maximum absolute atomic E-state index is 11.7. The molecule has 0 aromatic heterocycles. The van der Waals surface area contributed by atoms with Gasteiger partial charge in [0, 0.05) is 11.3 Å². The highest BCUT2D eigenvalue weighted by molar-refractivity contribution is 8.14. The van der Waals surface area contributed by atoms with E-state index in [4.69, 9.17) is 0 Å². The van der Waals surface area contributed by atoms with Gasteiger partial charge in [0.15, 0.2) is 0 Å². The molecule has 1 aromatic rings. The van der Waals surface area contributed by atoms with E-state index in [0.717, 1.165) is 12.2 Å². The van der Waals surface area contributed by atoms with Crippen LogP contribution in [0.25, 0.3) is 0 Å². The van der Waals surface area contributed by atoms with Gasteiger partial charge in [-0.15, -0.1) is 0 Å². The lowest BCUT2D eigenvalue weighted by Gasteiger charge is -2.09. The Balaban J connectivity index is 2.01. The van der Waals surface area contributed by atoms with E-state index in [1.807, 2.05) is 6.07 Å². The van der Waals surface area contributed by atoms with E-state index in [2.05, 4.69) is 5.32 Å². The molecule has 3 nitrogen and oxygen atoms in total. The van der Waals surface area contributed by atoms with Gasteiger partial charge in [0.05, 0.1) is 6.04 Å². The summed E-state index contributed by atoms with van der Waals surface area (Å²) < 4.78 is 0. The van der Waals surface area contributed by atoms with E-state index in [-0.39, 0.29) is 17.1 Å². The topological polar surface area (TPSA) is 46.2 Å². The third kappa shape index (κ3) is 2.39. The zero-order valence-electron chi connectivity index (χ0n) is 8.10. The minimum Gasteiger partial charge on any atom is -0.341 e. The second-order valence-electron chi connectivity index (χ2n) is 3.35. The van der Waals surface area contributed by atoms with E-state index in [9.17, 15) is 9.59 Å². The van der Waals surface area contributed by atoms with Crippen molar-refractivity contribution in [3.05, 3.63) is 35.9 Å². The molecule has 4 heteroatoms. The quantitative estimate of drug-likeness (QED) is 0.822. The van der Waals surface area contributed by atoms with Crippen LogP contribution in [0.2, 0.25) is 0 Å². The molecule has 1 aliphatic heterocycles. The summed E-state index contributed by atoms with van der Waals surface area (Å²) in [6, 6.07) is 8.64. The molecule has 1 aromatic carbocycles. The summed E-state index contributed by atoms with van der Waals surface area (Å²) in [5.41, 5.74) is 0.599. The summed E-state index contributed by atoms with van der Waals surface area (Å²) in [6.45, 7) is 0. The smallest absolute Gasteiger partial charge is 0.251 e. The van der Waals surface area contributed by atoms with E-state index >= 15 is 0 Å². The van der Waals surface area contributed by atoms with Gasteiger partial charge in [-0.3, -0.25) is 9.59 Å². The predicted octanol–water partition coefficient (Wildman–Crippen LogP) is 1.45. The zero-order valence-corrected chi connectivity index (χ0v) is 8.92. The monoisotopic (exact) mass is 221 g/mol. The van der Waals surface area contributed by atoms with Crippen LogP contribution in [-0.2, 0) is 4.79 Å². The summed E-state index contributed by atoms with van der Waals surface area (Å²) in [5, 5.41) is 2.80. The molecule has 1 aliphatic rings. The van der Waals surface area contributed by atoms with Crippen molar-refractivity contribution in [2.75, 3.05) is 5.75 Å². The van der Waals surface area contributed by atoms with Gasteiger partial charge in [-0.05, 0) is 18.6 Å². The summed E-state index contributed by atoms with van der Waals surface area (Å²) in [4.78, 5) is 23.0. The van der Waals surface area contributed by atoms with Crippen molar-refractivity contribution in [3.8, 4) is 0 Å². The van der Waals surface area contributed by atoms with E-state index in [1.54, 1.807) is 24.3 Å². The first-order valence-corrected chi connectivity index (χ1v) is 5.78. The maximum Gasteiger partial charge on any atom is 0.251 e. The minimum absolute atomic E-state index is 0.0688. The number of rotatable bonds is 2. The molecule has 1 atom stereocenters. The van der Waals surface area contributed by atoms with Crippen LogP contribution in [0, 0.1) is 0 Å². The number of thioether (sulfide) groups is 1. The van der Waals surface area contributed by atoms with Crippen LogP contribution < -0.4 is 5.32 Å². The Bertz CT molecular complexity index is 377. The van der Waals surface area contributed by atoms with Gasteiger partial charge in [-0.25, -0.2) is 0 Å². The molecule has 78 valence electrons. The summed E-state index contributed by atoms with van der Waals surface area (Å²) in [7, 11) is 0. The molecule has 0 spiro atoms. The number of benzene rings is 1. The molecule has 1 heterocycles. The van der Waals surface area contributed by atoms with Gasteiger partial charge in [0.25, 0.3) is 5.91 Å². The van der Waals surface area contributed by atoms with Crippen molar-refractivity contribution in [2.24, 2.45) is 0 Å². The normalized spacial score (nSPS) is 20.3. The minimum atomic E-state index is -0.303. The Morgan fingerprint density at radius 3 is 2.67 bits per heavy atom. The lowest BCUT2D eigenvalue weighted by atomic mass is 10.2. The van der Waals surface area contributed by atoms with E-state index in [1.165, 1.54) is 11.8 Å². The standard InChI is InChI=1S/C11H11NO2S/c13-10(8-4-2-1-3-5-8)12-9-6-7-15-11(9)14/h1-5,9H,6-7H2,(H,12,13)/t9-/m1/s1. The van der Waals surface area contributed by atoms with Crippen LogP contribution in [0.4, 0.5) is 0 Å². The highest BCUT2D eigenvalue weighted by Crippen LogP contribution is 2.19. The molecule has 1 amide bonds. The fourth-order valence-electron chi connectivity index (χ4n) is 1.46. The second-order valence-corrected chi connectivity index (χ2v) is 4.45. The van der Waals surface area contributed by atoms with Crippen LogP contribution in [0.3, 0.4) is 0 Å². The average molecular weight is 221 g/mol. The average Bonchev–Trinajstić information content (AvgIpc) is 2.66. The number of carbonyl (C=O) groups is 2. The Morgan fingerprint density at radius 2 is 2.07 bits per heavy atom. The maximum atomic E-state index is 11.7. The van der Waals surface area contributed by atoms with Crippen molar-refractivity contribution >= 4 is 22.8 Å². The van der Waals surface area contributed by atoms with Crippen LogP contribution in [0.15, 0.2) is 30.3 Å². The van der Waals surface area contributed by atoms with Gasteiger partial charge >= 0.3 is 0 Å². The third-order valence-corrected chi connectivity index (χ3v) is 3.29. The Hall–Kier alpha value is -1.29. The first-order chi connectivity index (χ1) is 7.27. The van der Waals surface area contributed by atoms with Crippen molar-refractivity contribution in [1.29, 1.82) is 0 Å². The largest absolute Gasteiger partial charge is 0.341 e. The van der Waals surface area contributed by atoms with Crippen LogP contribution in [0.1, 0.15) is 16.8 Å². The Kier molecular flexibility index (Phi) is 3.06. The summed E-state index contributed by atoms with van der Waals surface area (Å²) >= 11 is 1.29. The molecular weight excluding hydrogens is 210 g/mol. The predicted molar refractivity (Wildman–Crippen MR) is 59.8 cm³/mol. The molecule has 0 bridgehead atoms. The summed E-state index contributed by atoms with van der Waals surface area (Å²) in [6.07, 6.45) is 0.738. The van der Waals surface area contributed by atoms with E-state index in [0.29, 0.717) is 5.56 Å². The molecule has 1 N–H and O–H groups in total. The second kappa shape index (κ2) is 4.49. The molecule has 0 radical (unpaired) electrons. The van der Waals surface area contributed by atoms with Crippen LogP contribution >= 0.6 is 11.8 Å². The van der Waals surface area contributed by atoms with Gasteiger partial charge < -0.3 is 5.32 Å². The molecular formula is C11H11NO2S. The number of hydrogen-bond acceptors (Lipinski definition) is 3. The van der Waals surface area contributed by atoms with Gasteiger partial charge in [0.2, 0.25) is 5.12 Å². The van der Waals surface area contributed by atoms with Gasteiger partial charge in [-0.2, -0.15) is 0 Å². The lowest BCUT2D eigenvalue weighted by molar-refractivity contribution is -0.112. The number of amides is 1. The number of nitrogens with one attached hydrogen (secondary N) is 1. The van der Waals surface area contributed by atoms with Crippen LogP contribution in [-0.4, -0.2) is 22.8 Å². The van der Waals surface area contributed by atoms with Crippen molar-refractivity contribution in [2.45, 2.75) is 12.5 Å². The highest BCUT2D eigenvalue weighted by Gasteiger charge is 2.26. The Morgan fingerprint density at radius 1 is 1.33 bits per heavy atom. The Labute approximate surface area is 92.2 Å². The SMILES string of the molecule is O=C(N[C@@H]1CCSC1=O)c1ccccc1. The first kappa shape index (κ1) is 10.2. The van der Waals surface area contributed by atoms with Crippen molar-refractivity contribution in [1.82, 2.24) is 5.32 Å². The molecule has 2 rings (SSSR count). The molecule has 1 fully saturated rings. The molecule has 0 saturated carbocycles. The van der Waals surface area contributed by atoms with Gasteiger partial charge in [-0.1, -0.05) is 30.0 Å². The molecule has 0 unspecified atom stereocenters. The molecule has 15 heavy (non-hydrogen) atoms. The highest BCUT2D eigenvalue weighted by atomic mass is 32.2. The molecule has 0 aliphatic carbocycles. The fourth-order valence-corrected chi connectivity index (χ4v) is 2.39. The van der Waals surface area contributed by atoms with E-state index < -0.39 is 0 Å².